The Morgan fingerprint density at radius 2 is 1.46 bits per heavy atom. The second kappa shape index (κ2) is 14.6. The first kappa shape index (κ1) is 28.5. The molecule has 3 N–H and O–H groups in total. The third kappa shape index (κ3) is 8.01. The van der Waals surface area contributed by atoms with E-state index in [1.165, 1.54) is 16.7 Å². The highest BCUT2D eigenvalue weighted by molar-refractivity contribution is 5.85. The highest BCUT2D eigenvalue weighted by atomic mass is 16.5. The van der Waals surface area contributed by atoms with Crippen LogP contribution in [0.15, 0.2) is 84.9 Å². The Morgan fingerprint density at radius 1 is 0.846 bits per heavy atom. The maximum atomic E-state index is 13.7. The third-order valence-electron chi connectivity index (χ3n) is 8.02. The van der Waals surface area contributed by atoms with Gasteiger partial charge in [-0.05, 0) is 60.3 Å². The minimum absolute atomic E-state index is 0.0358. The zero-order valence-electron chi connectivity index (χ0n) is 22.5. The van der Waals surface area contributed by atoms with Gasteiger partial charge in [-0.25, -0.2) is 5.48 Å². The molecule has 0 saturated heterocycles. The Morgan fingerprint density at radius 3 is 2.08 bits per heavy atom. The van der Waals surface area contributed by atoms with Crippen LogP contribution in [0.1, 0.15) is 49.7 Å². The van der Waals surface area contributed by atoms with Gasteiger partial charge in [0.05, 0.1) is 18.6 Å². The number of carbonyl (C=O) groups is 2. The summed E-state index contributed by atoms with van der Waals surface area (Å²) in [6.07, 6.45) is 5.95. The number of aliphatic hydroxyl groups is 1. The van der Waals surface area contributed by atoms with Crippen molar-refractivity contribution >= 4 is 11.8 Å². The summed E-state index contributed by atoms with van der Waals surface area (Å²) in [4.78, 5) is 28.0. The van der Waals surface area contributed by atoms with Crippen molar-refractivity contribution < 1.29 is 19.9 Å². The van der Waals surface area contributed by atoms with Gasteiger partial charge < -0.3 is 10.0 Å². The normalized spacial score (nSPS) is 15.0. The molecule has 39 heavy (non-hydrogen) atoms. The number of nitrogens with one attached hydrogen (secondary N) is 1. The summed E-state index contributed by atoms with van der Waals surface area (Å²) in [5.41, 5.74) is 6.37. The molecule has 1 aliphatic carbocycles. The second-order valence-corrected chi connectivity index (χ2v) is 10.6. The number of nitrogens with zero attached hydrogens (tertiary/aromatic N) is 1. The summed E-state index contributed by atoms with van der Waals surface area (Å²) >= 11 is 0. The molecular weight excluding hydrogens is 488 g/mol. The van der Waals surface area contributed by atoms with Crippen LogP contribution in [0.2, 0.25) is 0 Å². The van der Waals surface area contributed by atoms with E-state index >= 15 is 0 Å². The Hall–Kier alpha value is -3.48. The molecule has 4 rings (SSSR count). The van der Waals surface area contributed by atoms with Crippen LogP contribution < -0.4 is 5.48 Å². The zero-order chi connectivity index (χ0) is 27.5. The number of aliphatic hydroxyl groups excluding tert-OH is 1. The summed E-state index contributed by atoms with van der Waals surface area (Å²) in [6, 6.07) is 28.2. The van der Waals surface area contributed by atoms with E-state index in [-0.39, 0.29) is 30.9 Å². The lowest BCUT2D eigenvalue weighted by Gasteiger charge is -2.33. The second-order valence-electron chi connectivity index (χ2n) is 10.6. The number of hydroxylamine groups is 1. The van der Waals surface area contributed by atoms with E-state index in [4.69, 9.17) is 0 Å². The molecule has 0 unspecified atom stereocenters. The Labute approximate surface area is 231 Å². The Bertz CT molecular complexity index is 1160. The molecule has 2 amide bonds. The topological polar surface area (TPSA) is 89.9 Å². The molecule has 0 radical (unpaired) electrons. The van der Waals surface area contributed by atoms with Gasteiger partial charge in [0.15, 0.2) is 0 Å². The molecule has 206 valence electrons. The quantitative estimate of drug-likeness (QED) is 0.204. The van der Waals surface area contributed by atoms with Gasteiger partial charge in [-0.15, -0.1) is 0 Å². The highest BCUT2D eigenvalue weighted by Crippen LogP contribution is 2.34. The molecule has 1 aliphatic rings. The van der Waals surface area contributed by atoms with Crippen LogP contribution in [0.3, 0.4) is 0 Å². The number of aryl methyl sites for hydroxylation is 1. The molecule has 0 aliphatic heterocycles. The fraction of sp³-hybridized carbons (Fsp3) is 0.394. The molecule has 3 aromatic rings. The fourth-order valence-electron chi connectivity index (χ4n) is 5.84. The van der Waals surface area contributed by atoms with Crippen molar-refractivity contribution in [3.8, 4) is 11.1 Å². The lowest BCUT2D eigenvalue weighted by molar-refractivity contribution is -0.143. The minimum atomic E-state index is -0.561. The van der Waals surface area contributed by atoms with Crippen LogP contribution >= 0.6 is 0 Å². The monoisotopic (exact) mass is 528 g/mol. The van der Waals surface area contributed by atoms with Crippen LogP contribution in [-0.2, 0) is 22.4 Å². The maximum absolute atomic E-state index is 13.7. The molecule has 3 aromatic carbocycles. The van der Waals surface area contributed by atoms with Crippen molar-refractivity contribution in [3.63, 3.8) is 0 Å². The van der Waals surface area contributed by atoms with Gasteiger partial charge in [-0.3, -0.25) is 14.8 Å². The van der Waals surface area contributed by atoms with Gasteiger partial charge >= 0.3 is 0 Å². The fourth-order valence-corrected chi connectivity index (χ4v) is 5.84. The standard InChI is InChI=1S/C33H40N2O4/c36-24-30(22-26-10-3-1-4-11-26)35(32(37)23-31(33(38)34-39)29-15-7-8-16-29)21-9-12-25-17-19-28(20-18-25)27-13-5-2-6-14-27/h1-6,10-11,13-14,17-20,29-31,36,39H,7-9,12,15-16,21-24H2,(H,34,38)/t30-,31-/m0/s1. The summed E-state index contributed by atoms with van der Waals surface area (Å²) in [6.45, 7) is 0.322. The van der Waals surface area contributed by atoms with E-state index in [0.29, 0.717) is 13.0 Å². The van der Waals surface area contributed by atoms with Crippen molar-refractivity contribution in [2.45, 2.75) is 57.4 Å². The summed E-state index contributed by atoms with van der Waals surface area (Å²) in [5, 5.41) is 19.7. The molecule has 2 atom stereocenters. The molecular formula is C33H40N2O4. The summed E-state index contributed by atoms with van der Waals surface area (Å²) < 4.78 is 0. The van der Waals surface area contributed by atoms with Gasteiger partial charge in [-0.2, -0.15) is 0 Å². The van der Waals surface area contributed by atoms with Crippen LogP contribution in [0.25, 0.3) is 11.1 Å². The Kier molecular flexibility index (Phi) is 10.7. The number of hydrogen-bond donors (Lipinski definition) is 3. The first-order valence-electron chi connectivity index (χ1n) is 14.1. The number of amides is 2. The predicted octanol–water partition coefficient (Wildman–Crippen LogP) is 5.42. The van der Waals surface area contributed by atoms with E-state index in [9.17, 15) is 19.9 Å². The average molecular weight is 529 g/mol. The van der Waals surface area contributed by atoms with E-state index in [1.807, 2.05) is 48.5 Å². The minimum Gasteiger partial charge on any atom is -0.394 e. The largest absolute Gasteiger partial charge is 0.394 e. The summed E-state index contributed by atoms with van der Waals surface area (Å²) in [7, 11) is 0. The number of carbonyl (C=O) groups excluding carboxylic acids is 2. The third-order valence-corrected chi connectivity index (χ3v) is 8.02. The lowest BCUT2D eigenvalue weighted by Crippen LogP contribution is -2.46. The van der Waals surface area contributed by atoms with Gasteiger partial charge in [-0.1, -0.05) is 97.8 Å². The molecule has 1 fully saturated rings. The van der Waals surface area contributed by atoms with Gasteiger partial charge in [0, 0.05) is 13.0 Å². The van der Waals surface area contributed by atoms with Crippen molar-refractivity contribution in [2.24, 2.45) is 11.8 Å². The molecule has 0 bridgehead atoms. The predicted molar refractivity (Wildman–Crippen MR) is 153 cm³/mol. The molecule has 0 aromatic heterocycles. The molecule has 6 heteroatoms. The van der Waals surface area contributed by atoms with Crippen LogP contribution in [0.5, 0.6) is 0 Å². The molecule has 0 spiro atoms. The Balaban J connectivity index is 1.45. The number of rotatable bonds is 13. The number of hydrogen-bond acceptors (Lipinski definition) is 4. The average Bonchev–Trinajstić information content (AvgIpc) is 3.53. The lowest BCUT2D eigenvalue weighted by atomic mass is 9.86. The van der Waals surface area contributed by atoms with Crippen LogP contribution in [0.4, 0.5) is 0 Å². The van der Waals surface area contributed by atoms with Gasteiger partial charge in [0.25, 0.3) is 0 Å². The van der Waals surface area contributed by atoms with Gasteiger partial charge in [0.1, 0.15) is 0 Å². The maximum Gasteiger partial charge on any atom is 0.247 e. The van der Waals surface area contributed by atoms with Gasteiger partial charge in [0.2, 0.25) is 11.8 Å². The van der Waals surface area contributed by atoms with E-state index in [1.54, 1.807) is 10.4 Å². The first-order chi connectivity index (χ1) is 19.1. The van der Waals surface area contributed by atoms with E-state index < -0.39 is 11.8 Å². The first-order valence-corrected chi connectivity index (χ1v) is 14.1. The number of benzene rings is 3. The van der Waals surface area contributed by atoms with Crippen LogP contribution in [0, 0.1) is 11.8 Å². The van der Waals surface area contributed by atoms with E-state index in [2.05, 4.69) is 36.4 Å². The van der Waals surface area contributed by atoms with Crippen molar-refractivity contribution in [1.82, 2.24) is 10.4 Å². The SMILES string of the molecule is O=C(NO)[C@@H](CC(=O)N(CCCc1ccc(-c2ccccc2)cc1)[C@H](CO)Cc1ccccc1)C1CCCC1. The van der Waals surface area contributed by atoms with Crippen LogP contribution in [-0.4, -0.2) is 46.2 Å². The van der Waals surface area contributed by atoms with Crippen molar-refractivity contribution in [3.05, 3.63) is 96.1 Å². The smallest absolute Gasteiger partial charge is 0.247 e. The van der Waals surface area contributed by atoms with Crippen molar-refractivity contribution in [1.29, 1.82) is 0 Å². The summed E-state index contributed by atoms with van der Waals surface area (Å²) in [5.74, 6) is -1.11. The highest BCUT2D eigenvalue weighted by Gasteiger charge is 2.35. The zero-order valence-corrected chi connectivity index (χ0v) is 22.5. The molecule has 0 heterocycles. The molecule has 1 saturated carbocycles. The van der Waals surface area contributed by atoms with E-state index in [0.717, 1.165) is 44.1 Å². The van der Waals surface area contributed by atoms with Crippen molar-refractivity contribution in [2.75, 3.05) is 13.2 Å². The molecule has 6 nitrogen and oxygen atoms in total.